The highest BCUT2D eigenvalue weighted by Gasteiger charge is 2.54. The lowest BCUT2D eigenvalue weighted by atomic mass is 9.81. The molecule has 124 valence electrons. The van der Waals surface area contributed by atoms with E-state index in [-0.39, 0.29) is 18.4 Å². The van der Waals surface area contributed by atoms with Gasteiger partial charge in [0.05, 0.1) is 17.6 Å². The van der Waals surface area contributed by atoms with Crippen LogP contribution < -0.4 is 5.32 Å². The Morgan fingerprint density at radius 1 is 1.48 bits per heavy atom. The maximum absolute atomic E-state index is 12.3. The molecule has 0 unspecified atom stereocenters. The second kappa shape index (κ2) is 6.24. The van der Waals surface area contributed by atoms with Crippen molar-refractivity contribution < 1.29 is 14.7 Å². The van der Waals surface area contributed by atoms with Gasteiger partial charge >= 0.3 is 5.97 Å². The summed E-state index contributed by atoms with van der Waals surface area (Å²) < 4.78 is 0.853. The third-order valence-electron chi connectivity index (χ3n) is 5.13. The van der Waals surface area contributed by atoms with E-state index in [1.54, 1.807) is 0 Å². The van der Waals surface area contributed by atoms with Gasteiger partial charge < -0.3 is 10.4 Å². The molecule has 1 saturated carbocycles. The molecule has 2 atom stereocenters. The number of carbonyl (C=O) groups is 2. The molecule has 0 aromatic heterocycles. The SMILES string of the molecule is Cc1ccc(NC(=O)CN2C[C@@H]3CCC[C@@]3(C(=O)O)C2)c(Br)c1. The normalized spacial score (nSPS) is 27.0. The van der Waals surface area contributed by atoms with Crippen LogP contribution in [0.1, 0.15) is 24.8 Å². The zero-order valence-corrected chi connectivity index (χ0v) is 14.7. The van der Waals surface area contributed by atoms with Gasteiger partial charge in [0, 0.05) is 17.6 Å². The summed E-state index contributed by atoms with van der Waals surface area (Å²) in [5, 5.41) is 12.5. The van der Waals surface area contributed by atoms with Gasteiger partial charge in [0.25, 0.3) is 0 Å². The molecule has 1 aromatic carbocycles. The molecule has 0 bridgehead atoms. The fourth-order valence-electron chi connectivity index (χ4n) is 3.98. The van der Waals surface area contributed by atoms with Crippen LogP contribution in [-0.4, -0.2) is 41.5 Å². The number of anilines is 1. The van der Waals surface area contributed by atoms with Gasteiger partial charge in [-0.05, 0) is 59.3 Å². The third-order valence-corrected chi connectivity index (χ3v) is 5.79. The number of carboxylic acid groups (broad SMARTS) is 1. The van der Waals surface area contributed by atoms with Crippen molar-refractivity contribution in [2.45, 2.75) is 26.2 Å². The predicted molar refractivity (Wildman–Crippen MR) is 91.4 cm³/mol. The van der Waals surface area contributed by atoms with Gasteiger partial charge in [-0.25, -0.2) is 0 Å². The van der Waals surface area contributed by atoms with Crippen molar-refractivity contribution in [1.29, 1.82) is 0 Å². The molecule has 0 spiro atoms. The molecule has 3 rings (SSSR count). The van der Waals surface area contributed by atoms with Crippen molar-refractivity contribution in [2.75, 3.05) is 25.0 Å². The lowest BCUT2D eigenvalue weighted by Gasteiger charge is -2.23. The second-order valence-electron chi connectivity index (χ2n) is 6.75. The minimum absolute atomic E-state index is 0.102. The number of carbonyl (C=O) groups excluding carboxylic acids is 1. The zero-order valence-electron chi connectivity index (χ0n) is 13.1. The van der Waals surface area contributed by atoms with Crippen LogP contribution in [-0.2, 0) is 9.59 Å². The van der Waals surface area contributed by atoms with Crippen LogP contribution in [0.2, 0.25) is 0 Å². The average Bonchev–Trinajstić information content (AvgIpc) is 2.99. The summed E-state index contributed by atoms with van der Waals surface area (Å²) in [6.45, 7) is 3.42. The molecule has 2 fully saturated rings. The predicted octanol–water partition coefficient (Wildman–Crippen LogP) is 2.88. The van der Waals surface area contributed by atoms with E-state index in [9.17, 15) is 14.7 Å². The van der Waals surface area contributed by atoms with E-state index in [1.165, 1.54) is 0 Å². The number of benzene rings is 1. The second-order valence-corrected chi connectivity index (χ2v) is 7.61. The van der Waals surface area contributed by atoms with Crippen molar-refractivity contribution in [3.05, 3.63) is 28.2 Å². The average molecular weight is 381 g/mol. The van der Waals surface area contributed by atoms with Gasteiger partial charge in [0.15, 0.2) is 0 Å². The molecular formula is C17H21BrN2O3. The molecule has 1 saturated heterocycles. The van der Waals surface area contributed by atoms with Crippen LogP contribution in [0.15, 0.2) is 22.7 Å². The molecule has 1 amide bonds. The minimum Gasteiger partial charge on any atom is -0.481 e. The topological polar surface area (TPSA) is 69.6 Å². The lowest BCUT2D eigenvalue weighted by Crippen LogP contribution is -2.37. The summed E-state index contributed by atoms with van der Waals surface area (Å²) in [6, 6.07) is 5.77. The van der Waals surface area contributed by atoms with Crippen LogP contribution in [0.25, 0.3) is 0 Å². The van der Waals surface area contributed by atoms with Gasteiger partial charge in [-0.1, -0.05) is 12.5 Å². The molecular weight excluding hydrogens is 360 g/mol. The highest BCUT2D eigenvalue weighted by Crippen LogP contribution is 2.48. The van der Waals surface area contributed by atoms with Crippen LogP contribution in [0.3, 0.4) is 0 Å². The first-order valence-corrected chi connectivity index (χ1v) is 8.72. The minimum atomic E-state index is -0.704. The van der Waals surface area contributed by atoms with Gasteiger partial charge in [0.2, 0.25) is 5.91 Å². The molecule has 6 heteroatoms. The Labute approximate surface area is 144 Å². The summed E-state index contributed by atoms with van der Waals surface area (Å²) in [4.78, 5) is 25.9. The van der Waals surface area contributed by atoms with Crippen molar-refractivity contribution in [3.8, 4) is 0 Å². The number of nitrogens with zero attached hydrogens (tertiary/aromatic N) is 1. The number of likely N-dealkylation sites (tertiary alicyclic amines) is 1. The Morgan fingerprint density at radius 2 is 2.26 bits per heavy atom. The number of amides is 1. The van der Waals surface area contributed by atoms with E-state index in [1.807, 2.05) is 30.0 Å². The number of aryl methyl sites for hydroxylation is 1. The maximum atomic E-state index is 12.3. The number of halogens is 1. The first kappa shape index (κ1) is 16.5. The zero-order chi connectivity index (χ0) is 16.6. The van der Waals surface area contributed by atoms with E-state index >= 15 is 0 Å². The summed E-state index contributed by atoms with van der Waals surface area (Å²) in [5.41, 5.74) is 1.23. The Bertz CT molecular complexity index is 649. The summed E-state index contributed by atoms with van der Waals surface area (Å²) in [5.74, 6) is -0.627. The van der Waals surface area contributed by atoms with E-state index < -0.39 is 11.4 Å². The molecule has 2 aliphatic rings. The number of carboxylic acids is 1. The maximum Gasteiger partial charge on any atom is 0.311 e. The summed E-state index contributed by atoms with van der Waals surface area (Å²) in [7, 11) is 0. The Kier molecular flexibility index (Phi) is 4.47. The van der Waals surface area contributed by atoms with Gasteiger partial charge in [-0.2, -0.15) is 0 Å². The lowest BCUT2D eigenvalue weighted by molar-refractivity contribution is -0.149. The third kappa shape index (κ3) is 3.15. The molecule has 5 nitrogen and oxygen atoms in total. The van der Waals surface area contributed by atoms with Gasteiger partial charge in [-0.3, -0.25) is 14.5 Å². The Balaban J connectivity index is 1.62. The molecule has 1 aliphatic carbocycles. The molecule has 2 N–H and O–H groups in total. The molecule has 0 radical (unpaired) electrons. The van der Waals surface area contributed by atoms with Crippen molar-refractivity contribution in [2.24, 2.45) is 11.3 Å². The smallest absolute Gasteiger partial charge is 0.311 e. The number of aliphatic carboxylic acids is 1. The Hall–Kier alpha value is -1.40. The van der Waals surface area contributed by atoms with E-state index in [0.717, 1.165) is 35.0 Å². The van der Waals surface area contributed by atoms with E-state index in [4.69, 9.17) is 0 Å². The number of nitrogens with one attached hydrogen (secondary N) is 1. The van der Waals surface area contributed by atoms with Gasteiger partial charge in [-0.15, -0.1) is 0 Å². The summed E-state index contributed by atoms with van der Waals surface area (Å²) in [6.07, 6.45) is 2.66. The standard InChI is InChI=1S/C17H21BrN2O3/c1-11-4-5-14(13(18)7-11)19-15(21)9-20-8-12-3-2-6-17(12,10-20)16(22)23/h4-5,7,12H,2-3,6,8-10H2,1H3,(H,19,21)(H,22,23)/t12-,17+/m0/s1. The van der Waals surface area contributed by atoms with Crippen LogP contribution in [0, 0.1) is 18.3 Å². The Morgan fingerprint density at radius 3 is 2.91 bits per heavy atom. The first-order valence-electron chi connectivity index (χ1n) is 7.92. The molecule has 1 aliphatic heterocycles. The molecule has 1 aromatic rings. The quantitative estimate of drug-likeness (QED) is 0.842. The largest absolute Gasteiger partial charge is 0.481 e. The number of rotatable bonds is 4. The van der Waals surface area contributed by atoms with E-state index in [2.05, 4.69) is 21.2 Å². The summed E-state index contributed by atoms with van der Waals surface area (Å²) >= 11 is 3.45. The number of hydrogen-bond acceptors (Lipinski definition) is 3. The molecule has 23 heavy (non-hydrogen) atoms. The first-order chi connectivity index (χ1) is 10.9. The fraction of sp³-hybridized carbons (Fsp3) is 0.529. The van der Waals surface area contributed by atoms with Crippen LogP contribution >= 0.6 is 15.9 Å². The van der Waals surface area contributed by atoms with Crippen molar-refractivity contribution in [3.63, 3.8) is 0 Å². The van der Waals surface area contributed by atoms with Gasteiger partial charge in [0.1, 0.15) is 0 Å². The monoisotopic (exact) mass is 380 g/mol. The van der Waals surface area contributed by atoms with E-state index in [0.29, 0.717) is 13.1 Å². The highest BCUT2D eigenvalue weighted by atomic mass is 79.9. The van der Waals surface area contributed by atoms with Crippen molar-refractivity contribution >= 4 is 33.5 Å². The number of hydrogen-bond donors (Lipinski definition) is 2. The van der Waals surface area contributed by atoms with Crippen molar-refractivity contribution in [1.82, 2.24) is 4.90 Å². The van der Waals surface area contributed by atoms with Crippen LogP contribution in [0.5, 0.6) is 0 Å². The number of fused-ring (bicyclic) bond motifs is 1. The van der Waals surface area contributed by atoms with Crippen LogP contribution in [0.4, 0.5) is 5.69 Å². The molecule has 1 heterocycles. The fourth-order valence-corrected chi connectivity index (χ4v) is 4.57. The highest BCUT2D eigenvalue weighted by molar-refractivity contribution is 9.10.